The number of nitrogens with one attached hydrogen (secondary N) is 1. The van der Waals surface area contributed by atoms with Gasteiger partial charge in [0, 0.05) is 5.69 Å². The number of anilines is 1. The zero-order valence-corrected chi connectivity index (χ0v) is 9.71. The predicted octanol–water partition coefficient (Wildman–Crippen LogP) is 3.55. The van der Waals surface area contributed by atoms with Gasteiger partial charge >= 0.3 is 0 Å². The maximum absolute atomic E-state index is 3.22. The first-order valence-corrected chi connectivity index (χ1v) is 6.07. The van der Waals surface area contributed by atoms with Crippen molar-refractivity contribution in [2.75, 3.05) is 5.09 Å². The van der Waals surface area contributed by atoms with Crippen molar-refractivity contribution < 1.29 is 0 Å². The summed E-state index contributed by atoms with van der Waals surface area (Å²) in [6.07, 6.45) is 7.99. The van der Waals surface area contributed by atoms with Crippen molar-refractivity contribution in [3.8, 4) is 0 Å². The van der Waals surface area contributed by atoms with Gasteiger partial charge in [0.15, 0.2) is 0 Å². The third-order valence-electron chi connectivity index (χ3n) is 3.05. The fraction of sp³-hybridized carbons (Fsp3) is 0.500. The maximum atomic E-state index is 3.22. The van der Waals surface area contributed by atoms with E-state index < -0.39 is 0 Å². The van der Waals surface area contributed by atoms with Gasteiger partial charge in [-0.15, -0.1) is 0 Å². The van der Waals surface area contributed by atoms with E-state index >= 15 is 0 Å². The summed E-state index contributed by atoms with van der Waals surface area (Å²) < 4.78 is 0. The first kappa shape index (κ1) is 9.98. The van der Waals surface area contributed by atoms with Gasteiger partial charge in [0.25, 0.3) is 0 Å². The van der Waals surface area contributed by atoms with Crippen LogP contribution in [0.1, 0.15) is 36.8 Å². The molecule has 1 N–H and O–H groups in total. The van der Waals surface area contributed by atoms with Crippen LogP contribution in [0.15, 0.2) is 18.2 Å². The Kier molecular flexibility index (Phi) is 3.42. The summed E-state index contributed by atoms with van der Waals surface area (Å²) in [6.45, 7) is 0. The molecule has 0 aromatic heterocycles. The van der Waals surface area contributed by atoms with Crippen molar-refractivity contribution >= 4 is 15.1 Å². The lowest BCUT2D eigenvalue weighted by Crippen LogP contribution is -2.01. The van der Waals surface area contributed by atoms with Crippen LogP contribution >= 0.6 is 9.39 Å². The highest BCUT2D eigenvalue weighted by Gasteiger charge is 2.09. The van der Waals surface area contributed by atoms with Gasteiger partial charge < -0.3 is 5.09 Å². The fourth-order valence-corrected chi connectivity index (χ4v) is 2.54. The van der Waals surface area contributed by atoms with Gasteiger partial charge in [-0.1, -0.05) is 25.0 Å². The topological polar surface area (TPSA) is 12.0 Å². The summed E-state index contributed by atoms with van der Waals surface area (Å²) in [5.41, 5.74) is 4.40. The largest absolute Gasteiger partial charge is 0.369 e. The molecule has 0 saturated heterocycles. The number of benzene rings is 1. The van der Waals surface area contributed by atoms with Crippen LogP contribution in [0.25, 0.3) is 0 Å². The van der Waals surface area contributed by atoms with Gasteiger partial charge in [-0.3, -0.25) is 0 Å². The van der Waals surface area contributed by atoms with E-state index in [0.29, 0.717) is 0 Å². The van der Waals surface area contributed by atoms with Gasteiger partial charge in [-0.05, 0) is 52.3 Å². The Labute approximate surface area is 88.6 Å². The number of fused-ring (bicyclic) bond motifs is 1. The molecule has 1 aromatic carbocycles. The number of aryl methyl sites for hydroxylation is 1. The minimum Gasteiger partial charge on any atom is -0.369 e. The summed E-state index contributed by atoms with van der Waals surface area (Å²) in [4.78, 5) is 0. The highest BCUT2D eigenvalue weighted by Crippen LogP contribution is 2.27. The van der Waals surface area contributed by atoms with Gasteiger partial charge in [0.1, 0.15) is 0 Å². The fourth-order valence-electron chi connectivity index (χ4n) is 2.27. The molecular formula is C12H18NP. The van der Waals surface area contributed by atoms with Crippen LogP contribution in [0.5, 0.6) is 0 Å². The Balaban J connectivity index is 2.33. The molecule has 76 valence electrons. The van der Waals surface area contributed by atoms with Gasteiger partial charge in [0.05, 0.1) is 0 Å². The van der Waals surface area contributed by atoms with E-state index in [0.717, 1.165) is 0 Å². The third kappa shape index (κ3) is 2.09. The summed E-state index contributed by atoms with van der Waals surface area (Å²) in [5.74, 6) is 0. The number of rotatable bonds is 1. The summed E-state index contributed by atoms with van der Waals surface area (Å²) in [5, 5.41) is 3.22. The van der Waals surface area contributed by atoms with Crippen molar-refractivity contribution in [2.45, 2.75) is 38.5 Å². The van der Waals surface area contributed by atoms with Crippen molar-refractivity contribution in [3.63, 3.8) is 0 Å². The average molecular weight is 207 g/mol. The molecule has 1 aliphatic carbocycles. The molecule has 0 radical (unpaired) electrons. The molecule has 0 amide bonds. The molecule has 0 aliphatic heterocycles. The van der Waals surface area contributed by atoms with E-state index in [9.17, 15) is 0 Å². The second-order valence-electron chi connectivity index (χ2n) is 4.00. The van der Waals surface area contributed by atoms with Crippen molar-refractivity contribution in [3.05, 3.63) is 29.3 Å². The third-order valence-corrected chi connectivity index (χ3v) is 3.36. The zero-order valence-electron chi connectivity index (χ0n) is 8.55. The van der Waals surface area contributed by atoms with Crippen molar-refractivity contribution in [2.24, 2.45) is 0 Å². The smallest absolute Gasteiger partial charge is 0.0404 e. The van der Waals surface area contributed by atoms with E-state index in [1.165, 1.54) is 44.2 Å². The van der Waals surface area contributed by atoms with Crippen LogP contribution in [0.4, 0.5) is 5.69 Å². The van der Waals surface area contributed by atoms with Gasteiger partial charge in [-0.2, -0.15) is 0 Å². The highest BCUT2D eigenvalue weighted by molar-refractivity contribution is 7.18. The lowest BCUT2D eigenvalue weighted by atomic mass is 9.92. The van der Waals surface area contributed by atoms with E-state index in [1.54, 1.807) is 11.1 Å². The zero-order chi connectivity index (χ0) is 9.80. The van der Waals surface area contributed by atoms with E-state index in [2.05, 4.69) is 32.7 Å². The molecular weight excluding hydrogens is 189 g/mol. The molecule has 0 spiro atoms. The van der Waals surface area contributed by atoms with Crippen LogP contribution in [-0.4, -0.2) is 0 Å². The molecule has 0 saturated carbocycles. The van der Waals surface area contributed by atoms with E-state index in [1.807, 2.05) is 0 Å². The summed E-state index contributed by atoms with van der Waals surface area (Å²) in [7, 11) is 2.60. The first-order valence-electron chi connectivity index (χ1n) is 5.49. The Hall–Kier alpha value is -0.550. The molecule has 1 aromatic rings. The molecule has 0 bridgehead atoms. The summed E-state index contributed by atoms with van der Waals surface area (Å²) in [6, 6.07) is 6.62. The number of hydrogen-bond donors (Lipinski definition) is 1. The minimum atomic E-state index is 1.24. The monoisotopic (exact) mass is 207 g/mol. The molecule has 14 heavy (non-hydrogen) atoms. The second kappa shape index (κ2) is 4.79. The van der Waals surface area contributed by atoms with Crippen LogP contribution in [0.3, 0.4) is 0 Å². The summed E-state index contributed by atoms with van der Waals surface area (Å²) >= 11 is 0. The first-order chi connectivity index (χ1) is 6.92. The SMILES string of the molecule is PNc1cccc2c1CCCCCC2. The quantitative estimate of drug-likeness (QED) is 0.694. The maximum Gasteiger partial charge on any atom is 0.0404 e. The molecule has 0 fully saturated rings. The molecule has 2 rings (SSSR count). The molecule has 1 nitrogen and oxygen atoms in total. The number of hydrogen-bond acceptors (Lipinski definition) is 1. The lowest BCUT2D eigenvalue weighted by Gasteiger charge is -2.17. The minimum absolute atomic E-state index is 1.24. The van der Waals surface area contributed by atoms with Crippen LogP contribution < -0.4 is 5.09 Å². The van der Waals surface area contributed by atoms with E-state index in [-0.39, 0.29) is 0 Å². The molecule has 1 atom stereocenters. The normalized spacial score (nSPS) is 16.6. The molecule has 0 heterocycles. The Morgan fingerprint density at radius 1 is 1.00 bits per heavy atom. The Morgan fingerprint density at radius 2 is 1.79 bits per heavy atom. The lowest BCUT2D eigenvalue weighted by molar-refractivity contribution is 0.618. The second-order valence-corrected chi connectivity index (χ2v) is 4.29. The van der Waals surface area contributed by atoms with Crippen LogP contribution in [0.2, 0.25) is 0 Å². The molecule has 2 heteroatoms. The van der Waals surface area contributed by atoms with E-state index in [4.69, 9.17) is 0 Å². The van der Waals surface area contributed by atoms with Crippen molar-refractivity contribution in [1.29, 1.82) is 0 Å². The van der Waals surface area contributed by atoms with Crippen LogP contribution in [-0.2, 0) is 12.8 Å². The Bertz CT molecular complexity index is 309. The van der Waals surface area contributed by atoms with Gasteiger partial charge in [0.2, 0.25) is 0 Å². The standard InChI is InChI=1S/C12H18NP/c14-13-12-9-5-7-10-6-3-1-2-4-8-11(10)12/h5,7,9,13H,1-4,6,8,14H2. The highest BCUT2D eigenvalue weighted by atomic mass is 31.0. The van der Waals surface area contributed by atoms with Crippen molar-refractivity contribution in [1.82, 2.24) is 0 Å². The molecule has 1 aliphatic rings. The average Bonchev–Trinajstić information content (AvgIpc) is 2.18. The molecule has 1 unspecified atom stereocenters. The Morgan fingerprint density at radius 3 is 2.57 bits per heavy atom. The van der Waals surface area contributed by atoms with Crippen LogP contribution in [0, 0.1) is 0 Å². The van der Waals surface area contributed by atoms with Gasteiger partial charge in [-0.25, -0.2) is 0 Å². The predicted molar refractivity (Wildman–Crippen MR) is 65.7 cm³/mol.